The van der Waals surface area contributed by atoms with Gasteiger partial charge in [-0.1, -0.05) is 32.0 Å². The van der Waals surface area contributed by atoms with E-state index in [0.717, 1.165) is 19.5 Å². The Bertz CT molecular complexity index is 554. The number of nitrogens with one attached hydrogen (secondary N) is 1. The summed E-state index contributed by atoms with van der Waals surface area (Å²) in [6.07, 6.45) is 1.04. The van der Waals surface area contributed by atoms with E-state index in [1.807, 2.05) is 0 Å². The number of nitrogens with zero attached hydrogens (tertiary/aromatic N) is 1. The summed E-state index contributed by atoms with van der Waals surface area (Å²) in [5.74, 6) is 0. The Morgan fingerprint density at radius 2 is 1.95 bits per heavy atom. The van der Waals surface area contributed by atoms with Crippen LogP contribution in [0.15, 0.2) is 24.3 Å². The molecular formula is C16H25N3. The lowest BCUT2D eigenvalue weighted by atomic mass is 9.88. The first-order valence-electron chi connectivity index (χ1n) is 6.93. The van der Waals surface area contributed by atoms with Crippen LogP contribution >= 0.6 is 0 Å². The van der Waals surface area contributed by atoms with Gasteiger partial charge < -0.3 is 15.6 Å². The molecule has 0 aliphatic carbocycles. The number of aromatic amines is 1. The molecule has 1 aromatic carbocycles. The molecule has 3 heteroatoms. The van der Waals surface area contributed by atoms with E-state index in [-0.39, 0.29) is 5.41 Å². The molecule has 1 heterocycles. The fourth-order valence-corrected chi connectivity index (χ4v) is 2.94. The van der Waals surface area contributed by atoms with Gasteiger partial charge in [0.05, 0.1) is 5.69 Å². The molecule has 3 nitrogen and oxygen atoms in total. The van der Waals surface area contributed by atoms with Crippen LogP contribution in [0, 0.1) is 12.3 Å². The van der Waals surface area contributed by atoms with Crippen LogP contribution in [0.2, 0.25) is 0 Å². The number of benzene rings is 1. The van der Waals surface area contributed by atoms with E-state index in [4.69, 9.17) is 5.73 Å². The molecule has 104 valence electrons. The molecule has 0 aliphatic rings. The molecule has 0 saturated carbocycles. The quantitative estimate of drug-likeness (QED) is 0.865. The van der Waals surface area contributed by atoms with Gasteiger partial charge in [0.15, 0.2) is 0 Å². The van der Waals surface area contributed by atoms with Crippen LogP contribution in [0.4, 0.5) is 5.69 Å². The van der Waals surface area contributed by atoms with E-state index in [2.05, 4.69) is 62.0 Å². The Kier molecular flexibility index (Phi) is 3.85. The highest BCUT2D eigenvalue weighted by molar-refractivity contribution is 5.94. The third-order valence-corrected chi connectivity index (χ3v) is 3.73. The fraction of sp³-hybridized carbons (Fsp3) is 0.500. The van der Waals surface area contributed by atoms with Crippen molar-refractivity contribution in [2.75, 3.05) is 25.0 Å². The zero-order chi connectivity index (χ0) is 14.0. The summed E-state index contributed by atoms with van der Waals surface area (Å²) in [5, 5.41) is 1.30. The molecule has 3 N–H and O–H groups in total. The van der Waals surface area contributed by atoms with Crippen molar-refractivity contribution in [2.24, 2.45) is 11.1 Å². The van der Waals surface area contributed by atoms with Crippen LogP contribution in [0.3, 0.4) is 0 Å². The van der Waals surface area contributed by atoms with Crippen molar-refractivity contribution in [3.8, 4) is 0 Å². The lowest BCUT2D eigenvalue weighted by molar-refractivity contribution is 0.348. The van der Waals surface area contributed by atoms with Gasteiger partial charge in [-0.3, -0.25) is 0 Å². The summed E-state index contributed by atoms with van der Waals surface area (Å²) >= 11 is 0. The maximum absolute atomic E-state index is 5.70. The van der Waals surface area contributed by atoms with Crippen LogP contribution in [0.5, 0.6) is 0 Å². The van der Waals surface area contributed by atoms with Gasteiger partial charge in [-0.2, -0.15) is 0 Å². The highest BCUT2D eigenvalue weighted by atomic mass is 15.1. The van der Waals surface area contributed by atoms with Crippen molar-refractivity contribution < 1.29 is 0 Å². The molecular weight excluding hydrogens is 234 g/mol. The zero-order valence-corrected chi connectivity index (χ0v) is 12.5. The SMILES string of the molecule is Cc1[nH]c2ccccc2c1N(C)CC(C)(C)CCN. The molecule has 0 atom stereocenters. The first-order valence-corrected chi connectivity index (χ1v) is 6.93. The van der Waals surface area contributed by atoms with Gasteiger partial charge >= 0.3 is 0 Å². The van der Waals surface area contributed by atoms with Gasteiger partial charge in [0, 0.05) is 30.2 Å². The molecule has 0 fully saturated rings. The molecule has 2 rings (SSSR count). The molecule has 0 saturated heterocycles. The number of aromatic nitrogens is 1. The highest BCUT2D eigenvalue weighted by Gasteiger charge is 2.21. The largest absolute Gasteiger partial charge is 0.372 e. The summed E-state index contributed by atoms with van der Waals surface area (Å²) in [7, 11) is 2.17. The molecule has 0 radical (unpaired) electrons. The standard InChI is InChI=1S/C16H25N3/c1-12-15(13-7-5-6-8-14(13)18-12)19(4)11-16(2,3)9-10-17/h5-8,18H,9-11,17H2,1-4H3. The van der Waals surface area contributed by atoms with Crippen LogP contribution in [-0.4, -0.2) is 25.1 Å². The Hall–Kier alpha value is -1.48. The van der Waals surface area contributed by atoms with Gasteiger partial charge in [-0.15, -0.1) is 0 Å². The topological polar surface area (TPSA) is 45.0 Å². The summed E-state index contributed by atoms with van der Waals surface area (Å²) in [6, 6.07) is 8.48. The van der Waals surface area contributed by atoms with E-state index in [0.29, 0.717) is 0 Å². The second-order valence-corrected chi connectivity index (χ2v) is 6.20. The number of para-hydroxylation sites is 1. The van der Waals surface area contributed by atoms with Crippen LogP contribution < -0.4 is 10.6 Å². The number of rotatable bonds is 5. The summed E-state index contributed by atoms with van der Waals surface area (Å²) in [6.45, 7) is 8.45. The van der Waals surface area contributed by atoms with Crippen LogP contribution in [-0.2, 0) is 0 Å². The molecule has 2 aromatic rings. The normalized spacial score (nSPS) is 12.1. The van der Waals surface area contributed by atoms with Crippen molar-refractivity contribution in [1.29, 1.82) is 0 Å². The first-order chi connectivity index (χ1) is 8.94. The van der Waals surface area contributed by atoms with Crippen LogP contribution in [0.25, 0.3) is 10.9 Å². The van der Waals surface area contributed by atoms with Gasteiger partial charge in [0.2, 0.25) is 0 Å². The lowest BCUT2D eigenvalue weighted by Gasteiger charge is -2.31. The summed E-state index contributed by atoms with van der Waals surface area (Å²) in [5.41, 5.74) is 9.68. The Labute approximate surface area is 115 Å². The highest BCUT2D eigenvalue weighted by Crippen LogP contribution is 2.32. The number of anilines is 1. The second kappa shape index (κ2) is 5.25. The average Bonchev–Trinajstić information content (AvgIpc) is 2.63. The van der Waals surface area contributed by atoms with Gasteiger partial charge in [0.25, 0.3) is 0 Å². The van der Waals surface area contributed by atoms with Crippen molar-refractivity contribution >= 4 is 16.6 Å². The van der Waals surface area contributed by atoms with Crippen molar-refractivity contribution in [3.05, 3.63) is 30.0 Å². The minimum atomic E-state index is 0.230. The first kappa shape index (κ1) is 13.9. The molecule has 0 spiro atoms. The van der Waals surface area contributed by atoms with Crippen molar-refractivity contribution in [3.63, 3.8) is 0 Å². The minimum absolute atomic E-state index is 0.230. The van der Waals surface area contributed by atoms with Crippen LogP contribution in [0.1, 0.15) is 26.0 Å². The molecule has 0 unspecified atom stereocenters. The monoisotopic (exact) mass is 259 g/mol. The van der Waals surface area contributed by atoms with E-state index < -0.39 is 0 Å². The molecule has 1 aromatic heterocycles. The molecule has 0 amide bonds. The smallest absolute Gasteiger partial charge is 0.0651 e. The lowest BCUT2D eigenvalue weighted by Crippen LogP contribution is -2.33. The summed E-state index contributed by atoms with van der Waals surface area (Å²) < 4.78 is 0. The number of aryl methyl sites for hydroxylation is 1. The van der Waals surface area contributed by atoms with E-state index in [1.165, 1.54) is 22.3 Å². The van der Waals surface area contributed by atoms with Gasteiger partial charge in [-0.05, 0) is 31.4 Å². The van der Waals surface area contributed by atoms with E-state index in [9.17, 15) is 0 Å². The number of H-pyrrole nitrogens is 1. The molecule has 0 aliphatic heterocycles. The number of fused-ring (bicyclic) bond motifs is 1. The Balaban J connectivity index is 2.31. The second-order valence-electron chi connectivity index (χ2n) is 6.20. The van der Waals surface area contributed by atoms with Crippen molar-refractivity contribution in [1.82, 2.24) is 4.98 Å². The average molecular weight is 259 g/mol. The Morgan fingerprint density at radius 3 is 2.63 bits per heavy atom. The maximum Gasteiger partial charge on any atom is 0.0651 e. The number of nitrogens with two attached hydrogens (primary N) is 1. The van der Waals surface area contributed by atoms with E-state index >= 15 is 0 Å². The summed E-state index contributed by atoms with van der Waals surface area (Å²) in [4.78, 5) is 5.81. The number of hydrogen-bond donors (Lipinski definition) is 2. The zero-order valence-electron chi connectivity index (χ0n) is 12.5. The molecule has 0 bridgehead atoms. The molecule has 19 heavy (non-hydrogen) atoms. The third-order valence-electron chi connectivity index (χ3n) is 3.73. The van der Waals surface area contributed by atoms with Crippen molar-refractivity contribution in [2.45, 2.75) is 27.2 Å². The van der Waals surface area contributed by atoms with Gasteiger partial charge in [-0.25, -0.2) is 0 Å². The predicted octanol–water partition coefficient (Wildman–Crippen LogP) is 3.29. The number of hydrogen-bond acceptors (Lipinski definition) is 2. The maximum atomic E-state index is 5.70. The third kappa shape index (κ3) is 2.92. The van der Waals surface area contributed by atoms with Gasteiger partial charge in [0.1, 0.15) is 0 Å². The fourth-order valence-electron chi connectivity index (χ4n) is 2.94. The minimum Gasteiger partial charge on any atom is -0.372 e. The Morgan fingerprint density at radius 1 is 1.26 bits per heavy atom. The predicted molar refractivity (Wildman–Crippen MR) is 83.8 cm³/mol. The van der Waals surface area contributed by atoms with E-state index in [1.54, 1.807) is 0 Å².